The van der Waals surface area contributed by atoms with Gasteiger partial charge in [-0.1, -0.05) is 0 Å². The van der Waals surface area contributed by atoms with Crippen molar-refractivity contribution in [3.63, 3.8) is 0 Å². The molecule has 5 heteroatoms. The van der Waals surface area contributed by atoms with E-state index in [-0.39, 0.29) is 6.10 Å². The van der Waals surface area contributed by atoms with Crippen molar-refractivity contribution in [2.24, 2.45) is 5.92 Å². The molecule has 1 saturated carbocycles. The Hall–Kier alpha value is -1.85. The first kappa shape index (κ1) is 14.7. The van der Waals surface area contributed by atoms with Crippen LogP contribution < -0.4 is 5.43 Å². The second kappa shape index (κ2) is 5.98. The van der Waals surface area contributed by atoms with E-state index in [1.165, 1.54) is 22.1 Å². The van der Waals surface area contributed by atoms with Gasteiger partial charge in [-0.3, -0.25) is 0 Å². The van der Waals surface area contributed by atoms with Gasteiger partial charge in [0.05, 0.1) is 6.10 Å². The fourth-order valence-corrected chi connectivity index (χ4v) is 3.81. The Labute approximate surface area is 136 Å². The number of fused-ring (bicyclic) bond motifs is 1. The molecule has 122 valence electrons. The van der Waals surface area contributed by atoms with Crippen molar-refractivity contribution in [3.8, 4) is 0 Å². The number of aromatic nitrogens is 2. The summed E-state index contributed by atoms with van der Waals surface area (Å²) >= 11 is 0. The molecule has 2 aromatic rings. The van der Waals surface area contributed by atoms with Crippen LogP contribution in [-0.4, -0.2) is 39.8 Å². The van der Waals surface area contributed by atoms with Crippen LogP contribution in [0.2, 0.25) is 0 Å². The molecule has 0 unspecified atom stereocenters. The van der Waals surface area contributed by atoms with Crippen LogP contribution in [0.3, 0.4) is 0 Å². The summed E-state index contributed by atoms with van der Waals surface area (Å²) < 4.78 is 0. The van der Waals surface area contributed by atoms with Crippen LogP contribution in [0.15, 0.2) is 24.7 Å². The third-order valence-corrected chi connectivity index (χ3v) is 5.14. The predicted octanol–water partition coefficient (Wildman–Crippen LogP) is 2.45. The van der Waals surface area contributed by atoms with Gasteiger partial charge in [0.15, 0.2) is 0 Å². The molecule has 5 nitrogen and oxygen atoms in total. The topological polar surface area (TPSA) is 64.2 Å². The molecule has 3 N–H and O–H groups in total. The Morgan fingerprint density at radius 3 is 2.87 bits per heavy atom. The first-order valence-corrected chi connectivity index (χ1v) is 8.50. The number of aromatic amines is 1. The van der Waals surface area contributed by atoms with Crippen molar-refractivity contribution < 1.29 is 5.11 Å². The van der Waals surface area contributed by atoms with E-state index in [4.69, 9.17) is 0 Å². The number of aliphatic hydroxyl groups is 1. The van der Waals surface area contributed by atoms with Gasteiger partial charge in [-0.05, 0) is 55.2 Å². The van der Waals surface area contributed by atoms with Gasteiger partial charge in [0.25, 0.3) is 0 Å². The summed E-state index contributed by atoms with van der Waals surface area (Å²) in [5, 5.41) is 12.9. The molecule has 3 heterocycles. The Morgan fingerprint density at radius 1 is 1.30 bits per heavy atom. The lowest BCUT2D eigenvalue weighted by Crippen LogP contribution is -2.23. The minimum Gasteiger partial charge on any atom is -0.393 e. The van der Waals surface area contributed by atoms with E-state index in [0.717, 1.165) is 44.3 Å². The van der Waals surface area contributed by atoms with Crippen LogP contribution >= 0.6 is 0 Å². The lowest BCUT2D eigenvalue weighted by atomic mass is 9.83. The third kappa shape index (κ3) is 2.99. The molecule has 0 atom stereocenters. The van der Waals surface area contributed by atoms with E-state index >= 15 is 0 Å². The van der Waals surface area contributed by atoms with E-state index in [2.05, 4.69) is 33.9 Å². The number of nitrogens with zero attached hydrogens (tertiary/aromatic N) is 2. The van der Waals surface area contributed by atoms with E-state index in [9.17, 15) is 5.11 Å². The first-order chi connectivity index (χ1) is 11.2. The Balaban J connectivity index is 1.58. The van der Waals surface area contributed by atoms with Gasteiger partial charge in [-0.2, -0.15) is 0 Å². The molecule has 0 spiro atoms. The molecular weight excluding hydrogens is 288 g/mol. The number of pyridine rings is 1. The summed E-state index contributed by atoms with van der Waals surface area (Å²) in [4.78, 5) is 7.89. The first-order valence-electron chi connectivity index (χ1n) is 8.50. The number of nitrogens with one attached hydrogen (secondary N) is 2. The van der Waals surface area contributed by atoms with E-state index in [0.29, 0.717) is 5.92 Å². The number of aliphatic hydroxyl groups excluding tert-OH is 1. The number of hydrazine groups is 1. The van der Waals surface area contributed by atoms with Crippen molar-refractivity contribution in [2.45, 2.75) is 38.2 Å². The zero-order valence-electron chi connectivity index (χ0n) is 13.5. The summed E-state index contributed by atoms with van der Waals surface area (Å²) in [5.74, 6) is 0.679. The predicted molar refractivity (Wildman–Crippen MR) is 91.5 cm³/mol. The third-order valence-electron chi connectivity index (χ3n) is 5.14. The highest BCUT2D eigenvalue weighted by molar-refractivity contribution is 5.91. The SMILES string of the molecule is CN1C=C(c2c[nH]c3ncc(CC4CCC(O)CC4)cc23)CN1. The quantitative estimate of drug-likeness (QED) is 0.814. The van der Waals surface area contributed by atoms with Crippen molar-refractivity contribution >= 4 is 16.6 Å². The molecule has 0 radical (unpaired) electrons. The van der Waals surface area contributed by atoms with E-state index < -0.39 is 0 Å². The van der Waals surface area contributed by atoms with Crippen molar-refractivity contribution in [1.82, 2.24) is 20.4 Å². The van der Waals surface area contributed by atoms with Crippen molar-refractivity contribution in [2.75, 3.05) is 13.6 Å². The summed E-state index contributed by atoms with van der Waals surface area (Å²) in [6, 6.07) is 2.29. The Morgan fingerprint density at radius 2 is 2.13 bits per heavy atom. The van der Waals surface area contributed by atoms with Crippen LogP contribution in [0.25, 0.3) is 16.6 Å². The minimum atomic E-state index is -0.0816. The molecule has 23 heavy (non-hydrogen) atoms. The number of hydrogen-bond acceptors (Lipinski definition) is 4. The van der Waals surface area contributed by atoms with Crippen LogP contribution in [0.1, 0.15) is 36.8 Å². The molecule has 1 fully saturated rings. The fraction of sp³-hybridized carbons (Fsp3) is 0.500. The van der Waals surface area contributed by atoms with Gasteiger partial charge in [0.2, 0.25) is 0 Å². The maximum atomic E-state index is 9.65. The smallest absolute Gasteiger partial charge is 0.137 e. The van der Waals surface area contributed by atoms with Crippen LogP contribution in [-0.2, 0) is 6.42 Å². The van der Waals surface area contributed by atoms with Crippen molar-refractivity contribution in [1.29, 1.82) is 0 Å². The minimum absolute atomic E-state index is 0.0816. The maximum absolute atomic E-state index is 9.65. The summed E-state index contributed by atoms with van der Waals surface area (Å²) in [6.45, 7) is 0.855. The normalized spacial score (nSPS) is 25.1. The number of hydrogen-bond donors (Lipinski definition) is 3. The van der Waals surface area contributed by atoms with E-state index in [1.54, 1.807) is 0 Å². The number of rotatable bonds is 3. The molecule has 4 rings (SSSR count). The summed E-state index contributed by atoms with van der Waals surface area (Å²) in [6.07, 6.45) is 11.3. The lowest BCUT2D eigenvalue weighted by Gasteiger charge is -2.25. The van der Waals surface area contributed by atoms with Crippen molar-refractivity contribution in [3.05, 3.63) is 35.8 Å². The number of H-pyrrole nitrogens is 1. The fourth-order valence-electron chi connectivity index (χ4n) is 3.81. The average molecular weight is 312 g/mol. The molecule has 1 aliphatic carbocycles. The monoisotopic (exact) mass is 312 g/mol. The summed E-state index contributed by atoms with van der Waals surface area (Å²) in [7, 11) is 2.02. The second-order valence-corrected chi connectivity index (χ2v) is 6.92. The lowest BCUT2D eigenvalue weighted by molar-refractivity contribution is 0.108. The Bertz CT molecular complexity index is 728. The van der Waals surface area contributed by atoms with Crippen LogP contribution in [0.4, 0.5) is 0 Å². The highest BCUT2D eigenvalue weighted by atomic mass is 16.3. The van der Waals surface area contributed by atoms with Gasteiger partial charge < -0.3 is 15.1 Å². The summed E-state index contributed by atoms with van der Waals surface area (Å²) in [5.41, 5.74) is 8.08. The largest absolute Gasteiger partial charge is 0.393 e. The second-order valence-electron chi connectivity index (χ2n) is 6.92. The van der Waals surface area contributed by atoms with Gasteiger partial charge in [-0.25, -0.2) is 10.4 Å². The standard InChI is InChI=1S/C18H24N4O/c1-22-11-14(9-21-22)17-10-20-18-16(17)7-13(8-19-18)6-12-2-4-15(23)5-3-12/h7-8,10-12,15,21,23H,2-6,9H2,1H3,(H,19,20). The zero-order valence-corrected chi connectivity index (χ0v) is 13.5. The van der Waals surface area contributed by atoms with Crippen LogP contribution in [0.5, 0.6) is 0 Å². The molecule has 1 aliphatic heterocycles. The molecular formula is C18H24N4O. The van der Waals surface area contributed by atoms with Gasteiger partial charge in [0.1, 0.15) is 5.65 Å². The zero-order chi connectivity index (χ0) is 15.8. The maximum Gasteiger partial charge on any atom is 0.137 e. The highest BCUT2D eigenvalue weighted by Gasteiger charge is 2.20. The molecule has 0 saturated heterocycles. The highest BCUT2D eigenvalue weighted by Crippen LogP contribution is 2.30. The molecule has 2 aliphatic rings. The van der Waals surface area contributed by atoms with Gasteiger partial charge in [-0.15, -0.1) is 0 Å². The van der Waals surface area contributed by atoms with Crippen LogP contribution in [0, 0.1) is 5.92 Å². The molecule has 2 aromatic heterocycles. The Kier molecular flexibility index (Phi) is 3.83. The average Bonchev–Trinajstić information content (AvgIpc) is 3.15. The van der Waals surface area contributed by atoms with Gasteiger partial charge >= 0.3 is 0 Å². The molecule has 0 aromatic carbocycles. The van der Waals surface area contributed by atoms with E-state index in [1.807, 2.05) is 18.3 Å². The van der Waals surface area contributed by atoms with Gasteiger partial charge in [0, 0.05) is 43.1 Å². The molecule has 0 bridgehead atoms. The molecule has 0 amide bonds.